The molecule has 0 heterocycles. The Labute approximate surface area is 105 Å². The first-order valence-corrected chi connectivity index (χ1v) is 6.66. The first-order valence-electron chi connectivity index (χ1n) is 6.66. The molecule has 0 spiro atoms. The molecular weight excluding hydrogens is 214 g/mol. The van der Waals surface area contributed by atoms with E-state index in [1.807, 2.05) is 4.90 Å². The van der Waals surface area contributed by atoms with Crippen LogP contribution in [-0.4, -0.2) is 54.5 Å². The van der Waals surface area contributed by atoms with E-state index in [4.69, 9.17) is 5.73 Å². The molecule has 1 aliphatic rings. The number of nitrogens with two attached hydrogens (primary N) is 1. The van der Waals surface area contributed by atoms with Crippen LogP contribution < -0.4 is 5.73 Å². The second-order valence-electron chi connectivity index (χ2n) is 5.48. The van der Waals surface area contributed by atoms with Gasteiger partial charge in [0.15, 0.2) is 0 Å². The topological polar surface area (TPSA) is 49.6 Å². The maximum absolute atomic E-state index is 12.0. The lowest BCUT2D eigenvalue weighted by Gasteiger charge is -2.44. The highest BCUT2D eigenvalue weighted by molar-refractivity contribution is 5.78. The number of carbonyl (C=O) groups excluding carboxylic acids is 1. The Balaban J connectivity index is 2.86. The van der Waals surface area contributed by atoms with Crippen LogP contribution in [0.4, 0.5) is 0 Å². The quantitative estimate of drug-likeness (QED) is 0.800. The van der Waals surface area contributed by atoms with Gasteiger partial charge in [0.2, 0.25) is 5.91 Å². The molecule has 1 saturated carbocycles. The summed E-state index contributed by atoms with van der Waals surface area (Å²) in [4.78, 5) is 16.3. The summed E-state index contributed by atoms with van der Waals surface area (Å²) in [7, 11) is 4.21. The number of rotatable bonds is 4. The van der Waals surface area contributed by atoms with Crippen LogP contribution in [0, 0.1) is 0 Å². The van der Waals surface area contributed by atoms with Gasteiger partial charge in [-0.2, -0.15) is 0 Å². The molecule has 0 aliphatic heterocycles. The molecule has 0 radical (unpaired) electrons. The first-order chi connectivity index (χ1) is 7.99. The van der Waals surface area contributed by atoms with Crippen LogP contribution in [0.2, 0.25) is 0 Å². The van der Waals surface area contributed by atoms with Crippen molar-refractivity contribution in [1.82, 2.24) is 9.80 Å². The molecular formula is C13H27N3O. The number of amides is 1. The molecule has 0 bridgehead atoms. The lowest BCUT2D eigenvalue weighted by atomic mass is 9.87. The average Bonchev–Trinajstić information content (AvgIpc) is 2.29. The second kappa shape index (κ2) is 6.36. The number of carbonyl (C=O) groups is 1. The minimum atomic E-state index is 0.0822. The van der Waals surface area contributed by atoms with Crippen molar-refractivity contribution in [3.63, 3.8) is 0 Å². The van der Waals surface area contributed by atoms with Crippen molar-refractivity contribution in [3.05, 3.63) is 0 Å². The monoisotopic (exact) mass is 241 g/mol. The molecule has 2 atom stereocenters. The molecule has 17 heavy (non-hydrogen) atoms. The van der Waals surface area contributed by atoms with Crippen LogP contribution in [-0.2, 0) is 4.79 Å². The zero-order valence-corrected chi connectivity index (χ0v) is 11.6. The Hall–Kier alpha value is -0.610. The van der Waals surface area contributed by atoms with Gasteiger partial charge < -0.3 is 15.5 Å². The summed E-state index contributed by atoms with van der Waals surface area (Å²) in [6.45, 7) is 4.28. The molecule has 2 N–H and O–H groups in total. The summed E-state index contributed by atoms with van der Waals surface area (Å²) >= 11 is 0. The van der Waals surface area contributed by atoms with Crippen molar-refractivity contribution in [1.29, 1.82) is 0 Å². The van der Waals surface area contributed by atoms with Crippen LogP contribution in [0.25, 0.3) is 0 Å². The van der Waals surface area contributed by atoms with Gasteiger partial charge in [0.1, 0.15) is 0 Å². The number of likely N-dealkylation sites (N-methyl/N-ethyl adjacent to an activating group) is 1. The van der Waals surface area contributed by atoms with E-state index in [2.05, 4.69) is 32.8 Å². The smallest absolute Gasteiger partial charge is 0.236 e. The van der Waals surface area contributed by atoms with Crippen molar-refractivity contribution in [2.24, 2.45) is 5.73 Å². The fourth-order valence-corrected chi connectivity index (χ4v) is 2.98. The fraction of sp³-hybridized carbons (Fsp3) is 0.923. The van der Waals surface area contributed by atoms with Crippen LogP contribution in [0.3, 0.4) is 0 Å². The van der Waals surface area contributed by atoms with Crippen LogP contribution >= 0.6 is 0 Å². The molecule has 0 aromatic carbocycles. The molecule has 1 rings (SSSR count). The zero-order valence-electron chi connectivity index (χ0n) is 11.6. The second-order valence-corrected chi connectivity index (χ2v) is 5.48. The summed E-state index contributed by atoms with van der Waals surface area (Å²) in [5.74, 6) is 0.0822. The van der Waals surface area contributed by atoms with E-state index in [1.54, 1.807) is 0 Å². The molecule has 100 valence electrons. The lowest BCUT2D eigenvalue weighted by Crippen LogP contribution is -2.56. The van der Waals surface area contributed by atoms with E-state index >= 15 is 0 Å². The molecule has 1 amide bonds. The third-order valence-electron chi connectivity index (χ3n) is 3.73. The van der Waals surface area contributed by atoms with Gasteiger partial charge in [0.25, 0.3) is 0 Å². The van der Waals surface area contributed by atoms with Gasteiger partial charge in [-0.1, -0.05) is 12.8 Å². The van der Waals surface area contributed by atoms with E-state index < -0.39 is 0 Å². The van der Waals surface area contributed by atoms with E-state index in [1.165, 1.54) is 19.3 Å². The Kier molecular flexibility index (Phi) is 5.40. The van der Waals surface area contributed by atoms with E-state index in [0.29, 0.717) is 12.1 Å². The van der Waals surface area contributed by atoms with Gasteiger partial charge in [-0.3, -0.25) is 4.79 Å². The van der Waals surface area contributed by atoms with Gasteiger partial charge >= 0.3 is 0 Å². The van der Waals surface area contributed by atoms with Crippen molar-refractivity contribution in [2.45, 2.75) is 57.7 Å². The van der Waals surface area contributed by atoms with Crippen molar-refractivity contribution in [3.8, 4) is 0 Å². The van der Waals surface area contributed by atoms with Crippen molar-refractivity contribution >= 4 is 5.91 Å². The van der Waals surface area contributed by atoms with Gasteiger partial charge in [0.05, 0.1) is 6.54 Å². The summed E-state index contributed by atoms with van der Waals surface area (Å²) in [6, 6.07) is 1.04. The third-order valence-corrected chi connectivity index (χ3v) is 3.73. The Bertz CT molecular complexity index is 253. The van der Waals surface area contributed by atoms with E-state index in [0.717, 1.165) is 6.42 Å². The molecule has 4 heteroatoms. The first kappa shape index (κ1) is 14.5. The van der Waals surface area contributed by atoms with Gasteiger partial charge in [-0.15, -0.1) is 0 Å². The molecule has 1 fully saturated rings. The summed E-state index contributed by atoms with van der Waals surface area (Å²) in [6.07, 6.45) is 4.77. The normalized spacial score (nSPS) is 25.4. The maximum atomic E-state index is 12.0. The highest BCUT2D eigenvalue weighted by atomic mass is 16.2. The zero-order chi connectivity index (χ0) is 13.0. The van der Waals surface area contributed by atoms with Crippen molar-refractivity contribution < 1.29 is 4.79 Å². The fourth-order valence-electron chi connectivity index (χ4n) is 2.98. The minimum absolute atomic E-state index is 0.0822. The maximum Gasteiger partial charge on any atom is 0.236 e. The number of nitrogens with zero attached hydrogens (tertiary/aromatic N) is 2. The predicted octanol–water partition coefficient (Wildman–Crippen LogP) is 1.05. The molecule has 0 saturated heterocycles. The standard InChI is InChI=1S/C13H27N3O/c1-10(2)16(13(17)9-14)12-8-6-5-7-11(12)15(3)4/h10-12H,5-9,14H2,1-4H3/t11-,12-/m1/s1. The molecule has 0 aromatic rings. The summed E-state index contributed by atoms with van der Waals surface area (Å²) < 4.78 is 0. The average molecular weight is 241 g/mol. The SMILES string of the molecule is CC(C)N(C(=O)CN)[C@@H]1CCCC[C@H]1N(C)C. The highest BCUT2D eigenvalue weighted by Gasteiger charge is 2.34. The molecule has 1 aliphatic carbocycles. The lowest BCUT2D eigenvalue weighted by molar-refractivity contribution is -0.136. The molecule has 4 nitrogen and oxygen atoms in total. The van der Waals surface area contributed by atoms with Crippen LogP contribution in [0.5, 0.6) is 0 Å². The van der Waals surface area contributed by atoms with Gasteiger partial charge in [-0.25, -0.2) is 0 Å². The van der Waals surface area contributed by atoms with Crippen LogP contribution in [0.1, 0.15) is 39.5 Å². The summed E-state index contributed by atoms with van der Waals surface area (Å²) in [5, 5.41) is 0. The number of hydrogen-bond donors (Lipinski definition) is 1. The van der Waals surface area contributed by atoms with Crippen molar-refractivity contribution in [2.75, 3.05) is 20.6 Å². The Morgan fingerprint density at radius 1 is 1.24 bits per heavy atom. The van der Waals surface area contributed by atoms with Crippen LogP contribution in [0.15, 0.2) is 0 Å². The molecule has 0 aromatic heterocycles. The Morgan fingerprint density at radius 2 is 1.76 bits per heavy atom. The minimum Gasteiger partial charge on any atom is -0.335 e. The highest BCUT2D eigenvalue weighted by Crippen LogP contribution is 2.27. The summed E-state index contributed by atoms with van der Waals surface area (Å²) in [5.41, 5.74) is 5.53. The van der Waals surface area contributed by atoms with Gasteiger partial charge in [-0.05, 0) is 40.8 Å². The molecule has 0 unspecified atom stereocenters. The largest absolute Gasteiger partial charge is 0.335 e. The number of hydrogen-bond acceptors (Lipinski definition) is 3. The van der Waals surface area contributed by atoms with Gasteiger partial charge in [0, 0.05) is 18.1 Å². The Morgan fingerprint density at radius 3 is 2.18 bits per heavy atom. The predicted molar refractivity (Wildman–Crippen MR) is 70.8 cm³/mol. The van der Waals surface area contributed by atoms with E-state index in [-0.39, 0.29) is 18.5 Å². The third kappa shape index (κ3) is 3.42. The van der Waals surface area contributed by atoms with E-state index in [9.17, 15) is 4.79 Å².